The maximum atomic E-state index is 12.2. The summed E-state index contributed by atoms with van der Waals surface area (Å²) in [6.45, 7) is 4.20. The van der Waals surface area contributed by atoms with E-state index in [1.54, 1.807) is 25.3 Å². The van der Waals surface area contributed by atoms with E-state index >= 15 is 0 Å². The van der Waals surface area contributed by atoms with Gasteiger partial charge in [0.1, 0.15) is 18.1 Å². The number of amides is 1. The second-order valence-electron chi connectivity index (χ2n) is 6.45. The van der Waals surface area contributed by atoms with Gasteiger partial charge < -0.3 is 20.6 Å². The first-order valence-corrected chi connectivity index (χ1v) is 9.90. The van der Waals surface area contributed by atoms with Crippen molar-refractivity contribution in [1.82, 2.24) is 14.9 Å². The summed E-state index contributed by atoms with van der Waals surface area (Å²) in [6, 6.07) is 13.1. The van der Waals surface area contributed by atoms with Gasteiger partial charge in [-0.15, -0.1) is 10.2 Å². The first kappa shape index (κ1) is 20.5. The first-order chi connectivity index (χ1) is 13.9. The lowest BCUT2D eigenvalue weighted by Crippen LogP contribution is -2.18. The number of nitrogen functional groups attached to an aromatic ring is 1. The van der Waals surface area contributed by atoms with E-state index < -0.39 is 0 Å². The molecule has 0 bridgehead atoms. The number of aromatic nitrogens is 3. The number of methoxy groups -OCH3 is 1. The lowest BCUT2D eigenvalue weighted by molar-refractivity contribution is -0.113. The third-order valence-electron chi connectivity index (χ3n) is 3.98. The van der Waals surface area contributed by atoms with E-state index in [-0.39, 0.29) is 18.3 Å². The highest BCUT2D eigenvalue weighted by Gasteiger charge is 2.13. The highest BCUT2D eigenvalue weighted by Crippen LogP contribution is 2.20. The number of nitrogens with zero attached hydrogens (tertiary/aromatic N) is 3. The fourth-order valence-corrected chi connectivity index (χ4v) is 3.37. The number of nitrogens with one attached hydrogen (secondary N) is 1. The van der Waals surface area contributed by atoms with E-state index in [2.05, 4.69) is 21.6 Å². The number of nitrogens with two attached hydrogens (primary N) is 1. The van der Waals surface area contributed by atoms with Gasteiger partial charge in [-0.3, -0.25) is 4.79 Å². The van der Waals surface area contributed by atoms with Gasteiger partial charge >= 0.3 is 0 Å². The minimum atomic E-state index is -0.181. The van der Waals surface area contributed by atoms with Crippen LogP contribution in [0.3, 0.4) is 0 Å². The van der Waals surface area contributed by atoms with Crippen LogP contribution in [0.15, 0.2) is 47.6 Å². The number of carbonyl (C=O) groups is 1. The molecule has 0 fully saturated rings. The van der Waals surface area contributed by atoms with Crippen molar-refractivity contribution in [2.45, 2.75) is 25.6 Å². The summed E-state index contributed by atoms with van der Waals surface area (Å²) >= 11 is 1.20. The quantitative estimate of drug-likeness (QED) is 0.432. The van der Waals surface area contributed by atoms with E-state index in [0.29, 0.717) is 22.4 Å². The molecule has 152 valence electrons. The third kappa shape index (κ3) is 5.64. The van der Waals surface area contributed by atoms with E-state index in [1.807, 2.05) is 32.0 Å². The number of anilines is 1. The van der Waals surface area contributed by atoms with Crippen LogP contribution >= 0.6 is 11.8 Å². The van der Waals surface area contributed by atoms with Gasteiger partial charge in [-0.05, 0) is 49.2 Å². The molecule has 8 nitrogen and oxygen atoms in total. The molecule has 0 saturated heterocycles. The van der Waals surface area contributed by atoms with Crippen LogP contribution in [0.25, 0.3) is 0 Å². The minimum Gasteiger partial charge on any atom is -0.497 e. The zero-order chi connectivity index (χ0) is 20.8. The lowest BCUT2D eigenvalue weighted by atomic mass is 10.1. The van der Waals surface area contributed by atoms with E-state index in [0.717, 1.165) is 16.9 Å². The highest BCUT2D eigenvalue weighted by atomic mass is 32.2. The van der Waals surface area contributed by atoms with Crippen LogP contribution in [0.1, 0.15) is 17.0 Å². The SMILES string of the molecule is COc1cccc(NC(=O)CSc2nnc(COc3cc(C)cc(C)c3)n2N)c1. The molecule has 0 atom stereocenters. The van der Waals surface area contributed by atoms with Gasteiger partial charge in [-0.1, -0.05) is 23.9 Å². The van der Waals surface area contributed by atoms with E-state index in [4.69, 9.17) is 15.3 Å². The monoisotopic (exact) mass is 413 g/mol. The molecule has 1 amide bonds. The molecule has 1 heterocycles. The molecule has 0 aliphatic rings. The van der Waals surface area contributed by atoms with Crippen LogP contribution in [0.5, 0.6) is 11.5 Å². The number of thioether (sulfide) groups is 1. The van der Waals surface area contributed by atoms with Crippen LogP contribution in [0.2, 0.25) is 0 Å². The zero-order valence-electron chi connectivity index (χ0n) is 16.5. The second kappa shape index (κ2) is 9.33. The predicted octanol–water partition coefficient (Wildman–Crippen LogP) is 2.93. The van der Waals surface area contributed by atoms with Gasteiger partial charge in [0.15, 0.2) is 5.82 Å². The summed E-state index contributed by atoms with van der Waals surface area (Å²) in [5.41, 5.74) is 2.90. The Balaban J connectivity index is 1.54. The first-order valence-electron chi connectivity index (χ1n) is 8.92. The molecule has 1 aromatic heterocycles. The Labute approximate surface area is 173 Å². The van der Waals surface area contributed by atoms with Gasteiger partial charge in [0.25, 0.3) is 0 Å². The maximum absolute atomic E-state index is 12.2. The molecule has 0 radical (unpaired) electrons. The fourth-order valence-electron chi connectivity index (χ4n) is 2.70. The Morgan fingerprint density at radius 2 is 1.90 bits per heavy atom. The summed E-state index contributed by atoms with van der Waals surface area (Å²) in [6.07, 6.45) is 0. The predicted molar refractivity (Wildman–Crippen MR) is 113 cm³/mol. The number of benzene rings is 2. The number of carbonyl (C=O) groups excluding carboxylic acids is 1. The Bertz CT molecular complexity index is 985. The Hall–Kier alpha value is -3.20. The van der Waals surface area contributed by atoms with Crippen molar-refractivity contribution in [3.8, 4) is 11.5 Å². The van der Waals surface area contributed by atoms with Crippen LogP contribution in [-0.4, -0.2) is 33.6 Å². The summed E-state index contributed by atoms with van der Waals surface area (Å²) < 4.78 is 12.3. The number of ether oxygens (including phenoxy) is 2. The molecule has 29 heavy (non-hydrogen) atoms. The van der Waals surface area contributed by atoms with Crippen molar-refractivity contribution in [3.63, 3.8) is 0 Å². The number of hydrogen-bond donors (Lipinski definition) is 2. The van der Waals surface area contributed by atoms with Crippen molar-refractivity contribution in [1.29, 1.82) is 0 Å². The molecule has 3 rings (SSSR count). The Morgan fingerprint density at radius 1 is 1.14 bits per heavy atom. The average Bonchev–Trinajstić information content (AvgIpc) is 3.04. The van der Waals surface area contributed by atoms with Gasteiger partial charge in [0.05, 0.1) is 12.9 Å². The fraction of sp³-hybridized carbons (Fsp3) is 0.250. The largest absolute Gasteiger partial charge is 0.497 e. The van der Waals surface area contributed by atoms with Gasteiger partial charge in [0.2, 0.25) is 11.1 Å². The summed E-state index contributed by atoms with van der Waals surface area (Å²) in [4.78, 5) is 12.2. The van der Waals surface area contributed by atoms with Crippen LogP contribution in [-0.2, 0) is 11.4 Å². The second-order valence-corrected chi connectivity index (χ2v) is 7.39. The Morgan fingerprint density at radius 3 is 2.62 bits per heavy atom. The molecule has 0 saturated carbocycles. The number of rotatable bonds is 8. The Kier molecular flexibility index (Phi) is 6.61. The molecule has 3 aromatic rings. The van der Waals surface area contributed by atoms with Crippen molar-refractivity contribution in [2.75, 3.05) is 24.0 Å². The zero-order valence-corrected chi connectivity index (χ0v) is 17.3. The average molecular weight is 414 g/mol. The van der Waals surface area contributed by atoms with E-state index in [1.165, 1.54) is 16.4 Å². The van der Waals surface area contributed by atoms with Crippen LogP contribution in [0, 0.1) is 13.8 Å². The topological polar surface area (TPSA) is 104 Å². The van der Waals surface area contributed by atoms with Crippen molar-refractivity contribution in [2.24, 2.45) is 0 Å². The molecule has 0 spiro atoms. The molecule has 0 aliphatic heterocycles. The van der Waals surface area contributed by atoms with Gasteiger partial charge in [0, 0.05) is 11.8 Å². The number of aryl methyl sites for hydroxylation is 2. The molecular weight excluding hydrogens is 390 g/mol. The van der Waals surface area contributed by atoms with Gasteiger partial charge in [-0.25, -0.2) is 4.68 Å². The van der Waals surface area contributed by atoms with Crippen molar-refractivity contribution in [3.05, 3.63) is 59.4 Å². The van der Waals surface area contributed by atoms with Crippen LogP contribution < -0.4 is 20.6 Å². The molecule has 9 heteroatoms. The minimum absolute atomic E-state index is 0.143. The van der Waals surface area contributed by atoms with Crippen molar-refractivity contribution >= 4 is 23.4 Å². The maximum Gasteiger partial charge on any atom is 0.234 e. The molecular formula is C20H23N5O3S. The summed E-state index contributed by atoms with van der Waals surface area (Å²) in [5, 5.41) is 11.3. The number of hydrogen-bond acceptors (Lipinski definition) is 7. The standard InChI is InChI=1S/C20H23N5O3S/c1-13-7-14(2)9-17(8-13)28-11-18-23-24-20(25(18)21)29-12-19(26)22-15-5-4-6-16(10-15)27-3/h4-10H,11-12,21H2,1-3H3,(H,22,26). The molecule has 0 aliphatic carbocycles. The van der Waals surface area contributed by atoms with Crippen LogP contribution in [0.4, 0.5) is 5.69 Å². The highest BCUT2D eigenvalue weighted by molar-refractivity contribution is 7.99. The normalized spacial score (nSPS) is 10.6. The molecule has 2 aromatic carbocycles. The lowest BCUT2D eigenvalue weighted by Gasteiger charge is -2.08. The van der Waals surface area contributed by atoms with Gasteiger partial charge in [-0.2, -0.15) is 0 Å². The smallest absolute Gasteiger partial charge is 0.234 e. The summed E-state index contributed by atoms with van der Waals surface area (Å²) in [7, 11) is 1.58. The molecule has 3 N–H and O–H groups in total. The third-order valence-corrected chi connectivity index (χ3v) is 4.93. The molecule has 0 unspecified atom stereocenters. The van der Waals surface area contributed by atoms with Crippen molar-refractivity contribution < 1.29 is 14.3 Å². The van der Waals surface area contributed by atoms with E-state index in [9.17, 15) is 4.79 Å². The summed E-state index contributed by atoms with van der Waals surface area (Å²) in [5.74, 6) is 7.90.